The van der Waals surface area contributed by atoms with Crippen LogP contribution >= 0.6 is 11.3 Å². The number of hydrogen-bond donors (Lipinski definition) is 1. The Labute approximate surface area is 126 Å². The lowest BCUT2D eigenvalue weighted by atomic mass is 9.98. The van der Waals surface area contributed by atoms with E-state index in [1.165, 1.54) is 0 Å². The van der Waals surface area contributed by atoms with Gasteiger partial charge in [-0.15, -0.1) is 11.3 Å². The topological polar surface area (TPSA) is 68.9 Å². The average Bonchev–Trinajstić information content (AvgIpc) is 2.85. The molecular formula is C14H19N3OS2. The Balaban J connectivity index is 2.12. The third-order valence-electron chi connectivity index (χ3n) is 3.42. The molecule has 0 saturated heterocycles. The maximum Gasteiger partial charge on any atom is 0.0917 e. The third kappa shape index (κ3) is 3.50. The molecule has 0 aliphatic heterocycles. The predicted octanol–water partition coefficient (Wildman–Crippen LogP) is 3.02. The van der Waals surface area contributed by atoms with Gasteiger partial charge in [-0.25, -0.2) is 9.19 Å². The summed E-state index contributed by atoms with van der Waals surface area (Å²) in [6, 6.07) is 4.11. The van der Waals surface area contributed by atoms with Crippen LogP contribution in [0.15, 0.2) is 23.8 Å². The molecule has 0 amide bonds. The molecule has 0 aromatic carbocycles. The largest absolute Gasteiger partial charge is 0.255 e. The van der Waals surface area contributed by atoms with Crippen LogP contribution in [0.3, 0.4) is 0 Å². The van der Waals surface area contributed by atoms with E-state index in [4.69, 9.17) is 5.14 Å². The van der Waals surface area contributed by atoms with E-state index in [1.54, 1.807) is 11.3 Å². The molecule has 0 radical (unpaired) electrons. The molecule has 0 aliphatic rings. The van der Waals surface area contributed by atoms with E-state index in [0.29, 0.717) is 5.92 Å². The van der Waals surface area contributed by atoms with Gasteiger partial charge in [-0.05, 0) is 37.8 Å². The van der Waals surface area contributed by atoms with Crippen LogP contribution in [-0.2, 0) is 11.0 Å². The second-order valence-electron chi connectivity index (χ2n) is 5.02. The van der Waals surface area contributed by atoms with Crippen LogP contribution in [0, 0.1) is 6.92 Å². The Bertz CT molecular complexity index is 595. The van der Waals surface area contributed by atoms with E-state index in [9.17, 15) is 4.21 Å². The first-order valence-electron chi connectivity index (χ1n) is 6.50. The lowest BCUT2D eigenvalue weighted by molar-refractivity contribution is 0.634. The van der Waals surface area contributed by atoms with Gasteiger partial charge in [0.2, 0.25) is 0 Å². The first kappa shape index (κ1) is 15.3. The van der Waals surface area contributed by atoms with Crippen molar-refractivity contribution in [1.82, 2.24) is 9.97 Å². The minimum atomic E-state index is -1.26. The fourth-order valence-electron chi connectivity index (χ4n) is 2.11. The highest BCUT2D eigenvalue weighted by Crippen LogP contribution is 2.27. The number of hydrogen-bond acceptors (Lipinski definition) is 4. The third-order valence-corrected chi connectivity index (χ3v) is 5.35. The summed E-state index contributed by atoms with van der Waals surface area (Å²) < 4.78 is 11.2. The summed E-state index contributed by atoms with van der Waals surface area (Å²) in [5, 5.41) is 5.41. The van der Waals surface area contributed by atoms with Crippen molar-refractivity contribution in [2.45, 2.75) is 38.4 Å². The fraction of sp³-hybridized carbons (Fsp3) is 0.429. The molecule has 108 valence electrons. The summed E-state index contributed by atoms with van der Waals surface area (Å²) >= 11 is 1.60. The molecule has 2 unspecified atom stereocenters. The molecule has 2 aromatic rings. The van der Waals surface area contributed by atoms with Gasteiger partial charge in [0.15, 0.2) is 0 Å². The number of aryl methyl sites for hydroxylation is 1. The summed E-state index contributed by atoms with van der Waals surface area (Å²) in [6.45, 7) is 6.01. The Morgan fingerprint density at radius 3 is 2.60 bits per heavy atom. The number of nitrogens with two attached hydrogens (primary N) is 1. The Morgan fingerprint density at radius 1 is 1.35 bits per heavy atom. The monoisotopic (exact) mass is 309 g/mol. The zero-order valence-electron chi connectivity index (χ0n) is 11.9. The van der Waals surface area contributed by atoms with Crippen LogP contribution in [0.4, 0.5) is 0 Å². The van der Waals surface area contributed by atoms with Crippen molar-refractivity contribution in [2.24, 2.45) is 5.14 Å². The van der Waals surface area contributed by atoms with Crippen molar-refractivity contribution < 1.29 is 4.21 Å². The van der Waals surface area contributed by atoms with Gasteiger partial charge < -0.3 is 0 Å². The predicted molar refractivity (Wildman–Crippen MR) is 84.9 cm³/mol. The van der Waals surface area contributed by atoms with Crippen molar-refractivity contribution in [1.29, 1.82) is 0 Å². The lowest BCUT2D eigenvalue weighted by Crippen LogP contribution is -2.20. The minimum absolute atomic E-state index is 0.00610. The number of rotatable bonds is 5. The molecule has 4 nitrogen and oxygen atoms in total. The SMILES string of the molecule is Cc1ncsc1-c1ccc([C@@H](C)CC(C)S(N)=O)cn1. The molecule has 0 bridgehead atoms. The molecule has 0 fully saturated rings. The molecule has 0 spiro atoms. The zero-order valence-corrected chi connectivity index (χ0v) is 13.5. The summed E-state index contributed by atoms with van der Waals surface area (Å²) in [4.78, 5) is 9.87. The maximum atomic E-state index is 11.2. The fourth-order valence-corrected chi connectivity index (χ4v) is 3.37. The Hall–Kier alpha value is -1.11. The van der Waals surface area contributed by atoms with E-state index >= 15 is 0 Å². The smallest absolute Gasteiger partial charge is 0.0917 e. The second-order valence-corrected chi connectivity index (χ2v) is 7.34. The van der Waals surface area contributed by atoms with Crippen molar-refractivity contribution in [3.05, 3.63) is 35.1 Å². The van der Waals surface area contributed by atoms with Crippen molar-refractivity contribution >= 4 is 22.3 Å². The van der Waals surface area contributed by atoms with Gasteiger partial charge in [0, 0.05) is 11.4 Å². The van der Waals surface area contributed by atoms with Gasteiger partial charge in [-0.2, -0.15) is 0 Å². The van der Waals surface area contributed by atoms with Crippen LogP contribution in [0.5, 0.6) is 0 Å². The van der Waals surface area contributed by atoms with Crippen LogP contribution in [0.2, 0.25) is 0 Å². The first-order chi connectivity index (χ1) is 9.49. The summed E-state index contributed by atoms with van der Waals surface area (Å²) in [6.07, 6.45) is 2.69. The van der Waals surface area contributed by atoms with Crippen molar-refractivity contribution in [3.63, 3.8) is 0 Å². The summed E-state index contributed by atoms with van der Waals surface area (Å²) in [7, 11) is -1.26. The van der Waals surface area contributed by atoms with Crippen LogP contribution in [-0.4, -0.2) is 19.4 Å². The normalized spacial score (nSPS) is 15.8. The molecule has 2 aromatic heterocycles. The molecular weight excluding hydrogens is 290 g/mol. The van der Waals surface area contributed by atoms with Crippen LogP contribution in [0.1, 0.15) is 37.4 Å². The molecule has 3 atom stereocenters. The molecule has 2 heterocycles. The van der Waals surface area contributed by atoms with E-state index in [0.717, 1.165) is 28.2 Å². The summed E-state index contributed by atoms with van der Waals surface area (Å²) in [5.41, 5.74) is 4.95. The summed E-state index contributed by atoms with van der Waals surface area (Å²) in [5.74, 6) is 0.293. The van der Waals surface area contributed by atoms with Gasteiger partial charge in [-0.3, -0.25) is 10.1 Å². The zero-order chi connectivity index (χ0) is 14.7. The van der Waals surface area contributed by atoms with Gasteiger partial charge in [0.05, 0.1) is 32.8 Å². The van der Waals surface area contributed by atoms with Crippen LogP contribution < -0.4 is 5.14 Å². The highest BCUT2D eigenvalue weighted by atomic mass is 32.2. The Morgan fingerprint density at radius 2 is 2.10 bits per heavy atom. The molecule has 2 rings (SSSR count). The van der Waals surface area contributed by atoms with Gasteiger partial charge in [0.25, 0.3) is 0 Å². The number of pyridine rings is 1. The second kappa shape index (κ2) is 6.56. The molecule has 6 heteroatoms. The van der Waals surface area contributed by atoms with Gasteiger partial charge in [-0.1, -0.05) is 13.0 Å². The maximum absolute atomic E-state index is 11.2. The standard InChI is InChI=1S/C14H19N3OS2/c1-9(6-10(2)20(15)18)12-4-5-13(16-7-12)14-11(3)17-8-19-14/h4-5,7-10H,6,15H2,1-3H3/t9-,10?,20?/m0/s1. The van der Waals surface area contributed by atoms with Gasteiger partial charge >= 0.3 is 0 Å². The van der Waals surface area contributed by atoms with E-state index in [1.807, 2.05) is 31.6 Å². The van der Waals surface area contributed by atoms with E-state index < -0.39 is 11.0 Å². The lowest BCUT2D eigenvalue weighted by Gasteiger charge is -2.15. The minimum Gasteiger partial charge on any atom is -0.255 e. The highest BCUT2D eigenvalue weighted by Gasteiger charge is 2.15. The highest BCUT2D eigenvalue weighted by molar-refractivity contribution is 7.83. The first-order valence-corrected chi connectivity index (χ1v) is 8.66. The molecule has 20 heavy (non-hydrogen) atoms. The number of aromatic nitrogens is 2. The Kier molecular flexibility index (Phi) is 5.01. The molecule has 0 aliphatic carbocycles. The van der Waals surface area contributed by atoms with E-state index in [-0.39, 0.29) is 5.25 Å². The van der Waals surface area contributed by atoms with Crippen molar-refractivity contribution in [3.8, 4) is 10.6 Å². The number of thiazole rings is 1. The van der Waals surface area contributed by atoms with Crippen molar-refractivity contribution in [2.75, 3.05) is 0 Å². The molecule has 0 saturated carbocycles. The average molecular weight is 309 g/mol. The number of nitrogens with zero attached hydrogens (tertiary/aromatic N) is 2. The molecule has 2 N–H and O–H groups in total. The van der Waals surface area contributed by atoms with Crippen LogP contribution in [0.25, 0.3) is 10.6 Å². The quantitative estimate of drug-likeness (QED) is 0.923. The van der Waals surface area contributed by atoms with E-state index in [2.05, 4.69) is 23.0 Å². The van der Waals surface area contributed by atoms with Gasteiger partial charge in [0.1, 0.15) is 0 Å².